The zero-order valence-corrected chi connectivity index (χ0v) is 15.2. The number of fused-ring (bicyclic) bond motifs is 2. The lowest BCUT2D eigenvalue weighted by atomic mass is 9.97. The fraction of sp³-hybridized carbons (Fsp3) is 0.526. The van der Waals surface area contributed by atoms with Crippen LogP contribution in [0.4, 0.5) is 5.13 Å². The molecule has 1 unspecified atom stereocenters. The fourth-order valence-corrected chi connectivity index (χ4v) is 5.17. The molecule has 1 saturated heterocycles. The van der Waals surface area contributed by atoms with Gasteiger partial charge in [-0.15, -0.1) is 10.2 Å². The van der Waals surface area contributed by atoms with Crippen molar-refractivity contribution in [1.82, 2.24) is 19.7 Å². The van der Waals surface area contributed by atoms with Crippen molar-refractivity contribution in [2.75, 3.05) is 18.0 Å². The van der Waals surface area contributed by atoms with Crippen molar-refractivity contribution in [2.45, 2.75) is 51.0 Å². The number of piperidine rings is 1. The maximum atomic E-state index is 4.86. The minimum atomic E-state index is 0.472. The number of nitrogens with zero attached hydrogens (tertiary/aromatic N) is 5. The normalized spacial score (nSPS) is 21.3. The lowest BCUT2D eigenvalue weighted by molar-refractivity contribution is 0.465. The summed E-state index contributed by atoms with van der Waals surface area (Å²) < 4.78 is 3.69. The van der Waals surface area contributed by atoms with Gasteiger partial charge in [0.2, 0.25) is 0 Å². The van der Waals surface area contributed by atoms with Crippen LogP contribution in [0, 0.1) is 0 Å². The summed E-state index contributed by atoms with van der Waals surface area (Å²) in [5, 5.41) is 10.3. The summed E-state index contributed by atoms with van der Waals surface area (Å²) >= 11 is 1.81. The Bertz CT molecular complexity index is 850. The highest BCUT2D eigenvalue weighted by molar-refractivity contribution is 7.22. The van der Waals surface area contributed by atoms with Crippen LogP contribution in [0.5, 0.6) is 0 Å². The largest absolute Gasteiger partial charge is 0.347 e. The molecule has 0 aliphatic carbocycles. The van der Waals surface area contributed by atoms with Crippen molar-refractivity contribution in [3.8, 4) is 0 Å². The van der Waals surface area contributed by atoms with E-state index in [4.69, 9.17) is 4.98 Å². The van der Waals surface area contributed by atoms with Gasteiger partial charge in [-0.25, -0.2) is 4.98 Å². The van der Waals surface area contributed by atoms with Crippen LogP contribution in [0.25, 0.3) is 10.2 Å². The Balaban J connectivity index is 1.42. The smallest absolute Gasteiger partial charge is 0.186 e. The fourth-order valence-electron chi connectivity index (χ4n) is 4.17. The van der Waals surface area contributed by atoms with Gasteiger partial charge < -0.3 is 9.47 Å². The molecule has 0 bridgehead atoms. The monoisotopic (exact) mass is 353 g/mol. The molecule has 5 rings (SSSR count). The number of hydrogen-bond acceptors (Lipinski definition) is 5. The molecule has 0 radical (unpaired) electrons. The van der Waals surface area contributed by atoms with Crippen LogP contribution in [0.15, 0.2) is 24.3 Å². The van der Waals surface area contributed by atoms with Gasteiger partial charge in [-0.3, -0.25) is 0 Å². The van der Waals surface area contributed by atoms with Crippen molar-refractivity contribution in [1.29, 1.82) is 0 Å². The number of anilines is 1. The molecule has 130 valence electrons. The predicted octanol–water partition coefficient (Wildman–Crippen LogP) is 4.00. The summed E-state index contributed by atoms with van der Waals surface area (Å²) in [6.07, 6.45) is 7.31. The Morgan fingerprint density at radius 2 is 1.96 bits per heavy atom. The summed E-state index contributed by atoms with van der Waals surface area (Å²) in [5.74, 6) is 2.88. The first kappa shape index (κ1) is 15.3. The maximum Gasteiger partial charge on any atom is 0.186 e. The van der Waals surface area contributed by atoms with Crippen LogP contribution in [0.3, 0.4) is 0 Å². The Hall–Kier alpha value is -1.95. The number of hydrogen-bond donors (Lipinski definition) is 0. The predicted molar refractivity (Wildman–Crippen MR) is 101 cm³/mol. The van der Waals surface area contributed by atoms with Crippen LogP contribution < -0.4 is 4.90 Å². The van der Waals surface area contributed by atoms with E-state index in [0.717, 1.165) is 36.7 Å². The maximum absolute atomic E-state index is 4.86. The van der Waals surface area contributed by atoms with Gasteiger partial charge in [0, 0.05) is 32.0 Å². The van der Waals surface area contributed by atoms with Crippen molar-refractivity contribution in [3.63, 3.8) is 0 Å². The minimum absolute atomic E-state index is 0.472. The zero-order valence-electron chi connectivity index (χ0n) is 14.4. The number of rotatable bonds is 2. The lowest BCUT2D eigenvalue weighted by Gasteiger charge is -2.32. The molecule has 1 fully saturated rings. The average Bonchev–Trinajstić information content (AvgIpc) is 3.19. The molecular formula is C19H23N5S. The second kappa shape index (κ2) is 6.41. The number of aryl methyl sites for hydroxylation is 1. The first-order valence-corrected chi connectivity index (χ1v) is 10.2. The molecular weight excluding hydrogens is 330 g/mol. The van der Waals surface area contributed by atoms with Gasteiger partial charge in [-0.05, 0) is 37.8 Å². The molecule has 6 heteroatoms. The Morgan fingerprint density at radius 1 is 1.00 bits per heavy atom. The zero-order chi connectivity index (χ0) is 16.6. The number of para-hydroxylation sites is 1. The molecule has 0 N–H and O–H groups in total. The molecule has 5 nitrogen and oxygen atoms in total. The van der Waals surface area contributed by atoms with Gasteiger partial charge in [0.25, 0.3) is 0 Å². The third-order valence-electron chi connectivity index (χ3n) is 5.48. The van der Waals surface area contributed by atoms with E-state index in [9.17, 15) is 0 Å². The molecule has 2 aliphatic rings. The van der Waals surface area contributed by atoms with Crippen LogP contribution in [-0.4, -0.2) is 32.8 Å². The van der Waals surface area contributed by atoms with Crippen LogP contribution in [-0.2, 0) is 13.0 Å². The SMILES string of the molecule is c1ccc2sc(N3CCCC(c4nnc5n4CCCCC5)C3)nc2c1. The Morgan fingerprint density at radius 3 is 2.92 bits per heavy atom. The summed E-state index contributed by atoms with van der Waals surface area (Å²) in [4.78, 5) is 7.31. The van der Waals surface area contributed by atoms with Crippen molar-refractivity contribution in [2.24, 2.45) is 0 Å². The Labute approximate surface area is 151 Å². The molecule has 0 spiro atoms. The van der Waals surface area contributed by atoms with E-state index in [1.807, 2.05) is 11.3 Å². The van der Waals surface area contributed by atoms with Crippen molar-refractivity contribution < 1.29 is 0 Å². The van der Waals surface area contributed by atoms with Gasteiger partial charge in [-0.2, -0.15) is 0 Å². The molecule has 0 amide bonds. The quantitative estimate of drug-likeness (QED) is 0.699. The standard InChI is InChI=1S/C19H23N5S/c1-2-10-17-21-22-18(24(17)12-5-1)14-7-6-11-23(13-14)19-20-15-8-3-4-9-16(15)25-19/h3-4,8-9,14H,1-2,5-7,10-13H2. The van der Waals surface area contributed by atoms with E-state index in [1.165, 1.54) is 48.5 Å². The molecule has 2 aliphatic heterocycles. The molecule has 4 heterocycles. The molecule has 0 saturated carbocycles. The summed E-state index contributed by atoms with van der Waals surface area (Å²) in [6.45, 7) is 3.20. The highest BCUT2D eigenvalue weighted by Crippen LogP contribution is 2.34. The number of thiazole rings is 1. The van der Waals surface area contributed by atoms with E-state index in [-0.39, 0.29) is 0 Å². The highest BCUT2D eigenvalue weighted by Gasteiger charge is 2.28. The third kappa shape index (κ3) is 2.82. The van der Waals surface area contributed by atoms with Crippen LogP contribution in [0.2, 0.25) is 0 Å². The molecule has 1 aromatic carbocycles. The molecule has 25 heavy (non-hydrogen) atoms. The van der Waals surface area contributed by atoms with Gasteiger partial charge in [0.1, 0.15) is 11.6 Å². The summed E-state index contributed by atoms with van der Waals surface area (Å²) in [5.41, 5.74) is 1.11. The third-order valence-corrected chi connectivity index (χ3v) is 6.57. The van der Waals surface area contributed by atoms with Gasteiger partial charge in [0.05, 0.1) is 10.2 Å². The second-order valence-corrected chi connectivity index (χ2v) is 8.20. The van der Waals surface area contributed by atoms with E-state index in [0.29, 0.717) is 5.92 Å². The van der Waals surface area contributed by atoms with E-state index in [2.05, 4.69) is 43.9 Å². The Kier molecular flexibility index (Phi) is 3.93. The molecule has 1 atom stereocenters. The average molecular weight is 353 g/mol. The van der Waals surface area contributed by atoms with Crippen LogP contribution >= 0.6 is 11.3 Å². The molecule has 3 aromatic rings. The number of benzene rings is 1. The van der Waals surface area contributed by atoms with Crippen LogP contribution in [0.1, 0.15) is 49.7 Å². The number of aromatic nitrogens is 4. The van der Waals surface area contributed by atoms with Crippen molar-refractivity contribution in [3.05, 3.63) is 35.9 Å². The van der Waals surface area contributed by atoms with Crippen molar-refractivity contribution >= 4 is 26.7 Å². The first-order valence-electron chi connectivity index (χ1n) is 9.41. The van der Waals surface area contributed by atoms with E-state index >= 15 is 0 Å². The second-order valence-electron chi connectivity index (χ2n) is 7.19. The summed E-state index contributed by atoms with van der Waals surface area (Å²) in [7, 11) is 0. The first-order chi connectivity index (χ1) is 12.4. The van der Waals surface area contributed by atoms with E-state index < -0.39 is 0 Å². The van der Waals surface area contributed by atoms with E-state index in [1.54, 1.807) is 0 Å². The van der Waals surface area contributed by atoms with Gasteiger partial charge in [0.15, 0.2) is 5.13 Å². The van der Waals surface area contributed by atoms with Gasteiger partial charge >= 0.3 is 0 Å². The summed E-state index contributed by atoms with van der Waals surface area (Å²) in [6, 6.07) is 8.43. The topological polar surface area (TPSA) is 46.8 Å². The molecule has 2 aromatic heterocycles. The highest BCUT2D eigenvalue weighted by atomic mass is 32.1. The van der Waals surface area contributed by atoms with Gasteiger partial charge in [-0.1, -0.05) is 29.9 Å². The minimum Gasteiger partial charge on any atom is -0.347 e. The lowest BCUT2D eigenvalue weighted by Crippen LogP contribution is -2.35.